The Hall–Kier alpha value is -3.07. The van der Waals surface area contributed by atoms with Crippen LogP contribution in [-0.2, 0) is 16.1 Å². The van der Waals surface area contributed by atoms with Gasteiger partial charge in [-0.3, -0.25) is 19.2 Å². The number of hydrogen-bond acceptors (Lipinski definition) is 6. The average Bonchev–Trinajstić information content (AvgIpc) is 3.44. The van der Waals surface area contributed by atoms with Crippen LogP contribution in [0.2, 0.25) is 5.02 Å². The van der Waals surface area contributed by atoms with Crippen LogP contribution in [0.15, 0.2) is 24.3 Å². The third kappa shape index (κ3) is 4.17. The van der Waals surface area contributed by atoms with E-state index >= 15 is 0 Å². The summed E-state index contributed by atoms with van der Waals surface area (Å²) in [7, 11) is 1.49. The molecule has 2 aliphatic rings. The lowest BCUT2D eigenvalue weighted by Gasteiger charge is -2.43. The van der Waals surface area contributed by atoms with Crippen LogP contribution in [-0.4, -0.2) is 52.9 Å². The number of fused-ring (bicyclic) bond motifs is 1. The number of anilines is 1. The van der Waals surface area contributed by atoms with Gasteiger partial charge in [-0.05, 0) is 44.9 Å². The van der Waals surface area contributed by atoms with E-state index in [0.29, 0.717) is 16.5 Å². The van der Waals surface area contributed by atoms with Gasteiger partial charge < -0.3 is 14.8 Å². The molecule has 1 saturated carbocycles. The third-order valence-electron chi connectivity index (χ3n) is 6.20. The van der Waals surface area contributed by atoms with Crippen molar-refractivity contribution in [1.29, 1.82) is 0 Å². The summed E-state index contributed by atoms with van der Waals surface area (Å²) in [6, 6.07) is 6.34. The normalized spacial score (nSPS) is 20.5. The highest BCUT2D eigenvalue weighted by Gasteiger charge is 2.50. The molecule has 33 heavy (non-hydrogen) atoms. The first-order valence-corrected chi connectivity index (χ1v) is 11.4. The van der Waals surface area contributed by atoms with Gasteiger partial charge in [0.25, 0.3) is 5.91 Å². The van der Waals surface area contributed by atoms with Gasteiger partial charge in [0.1, 0.15) is 17.0 Å². The fourth-order valence-corrected chi connectivity index (χ4v) is 4.68. The van der Waals surface area contributed by atoms with E-state index in [0.717, 1.165) is 25.7 Å². The molecule has 1 aromatic heterocycles. The van der Waals surface area contributed by atoms with Gasteiger partial charge in [-0.25, -0.2) is 4.79 Å². The molecule has 1 aromatic carbocycles. The number of nitrogens with one attached hydrogen (secondary N) is 1. The summed E-state index contributed by atoms with van der Waals surface area (Å²) >= 11 is 6.26. The van der Waals surface area contributed by atoms with Crippen molar-refractivity contribution >= 4 is 35.1 Å². The minimum Gasteiger partial charge on any atom is -0.495 e. The largest absolute Gasteiger partial charge is 0.495 e. The summed E-state index contributed by atoms with van der Waals surface area (Å²) in [6.45, 7) is 3.60. The van der Waals surface area contributed by atoms with Crippen LogP contribution in [0.1, 0.15) is 60.5 Å². The SMILES string of the molecule is CCOC(=O)c1cc2n(n1)C[C@](C)(C(=O)NC1CCCC1)N(c1cc(Cl)ccc1OC)C2=O. The van der Waals surface area contributed by atoms with Gasteiger partial charge in [-0.15, -0.1) is 0 Å². The molecule has 1 aliphatic carbocycles. The molecule has 2 aromatic rings. The molecule has 1 atom stereocenters. The quantitative estimate of drug-likeness (QED) is 0.645. The summed E-state index contributed by atoms with van der Waals surface area (Å²) < 4.78 is 11.9. The predicted molar refractivity (Wildman–Crippen MR) is 122 cm³/mol. The van der Waals surface area contributed by atoms with E-state index in [1.807, 2.05) is 0 Å². The van der Waals surface area contributed by atoms with E-state index in [2.05, 4.69) is 10.4 Å². The molecule has 0 unspecified atom stereocenters. The molecule has 0 saturated heterocycles. The van der Waals surface area contributed by atoms with Crippen LogP contribution in [0.3, 0.4) is 0 Å². The first-order valence-electron chi connectivity index (χ1n) is 11.0. The van der Waals surface area contributed by atoms with Crippen molar-refractivity contribution in [2.75, 3.05) is 18.6 Å². The Morgan fingerprint density at radius 3 is 2.67 bits per heavy atom. The number of hydrogen-bond donors (Lipinski definition) is 1. The zero-order valence-corrected chi connectivity index (χ0v) is 19.6. The third-order valence-corrected chi connectivity index (χ3v) is 6.43. The fraction of sp³-hybridized carbons (Fsp3) is 0.478. The Morgan fingerprint density at radius 2 is 2.00 bits per heavy atom. The highest BCUT2D eigenvalue weighted by molar-refractivity contribution is 6.31. The zero-order chi connectivity index (χ0) is 23.8. The van der Waals surface area contributed by atoms with E-state index in [9.17, 15) is 14.4 Å². The minimum absolute atomic E-state index is 0.0126. The number of halogens is 1. The highest BCUT2D eigenvalue weighted by atomic mass is 35.5. The maximum absolute atomic E-state index is 13.8. The molecular weight excluding hydrogens is 448 g/mol. The molecule has 4 rings (SSSR count). The second kappa shape index (κ2) is 9.05. The maximum atomic E-state index is 13.8. The van der Waals surface area contributed by atoms with Crippen LogP contribution in [0.25, 0.3) is 0 Å². The van der Waals surface area contributed by atoms with Crippen LogP contribution in [0.5, 0.6) is 5.75 Å². The molecule has 2 heterocycles. The smallest absolute Gasteiger partial charge is 0.358 e. The number of aromatic nitrogens is 2. The first-order chi connectivity index (χ1) is 15.8. The van der Waals surface area contributed by atoms with Crippen LogP contribution < -0.4 is 15.0 Å². The van der Waals surface area contributed by atoms with Crippen molar-refractivity contribution in [2.24, 2.45) is 0 Å². The van der Waals surface area contributed by atoms with Crippen LogP contribution in [0.4, 0.5) is 5.69 Å². The number of esters is 1. The van der Waals surface area contributed by atoms with Gasteiger partial charge in [0, 0.05) is 17.1 Å². The standard InChI is InChI=1S/C23H27ClN4O5/c1-4-33-21(30)16-12-18-20(29)28(17-11-14(24)9-10-19(17)32-3)23(2,13-27(18)26-16)22(31)25-15-7-5-6-8-15/h9-12,15H,4-8,13H2,1-3H3,(H,25,31)/t23-/m1/s1. The second-order valence-electron chi connectivity index (χ2n) is 8.48. The maximum Gasteiger partial charge on any atom is 0.358 e. The van der Waals surface area contributed by atoms with E-state index in [1.54, 1.807) is 32.0 Å². The number of rotatable bonds is 6. The van der Waals surface area contributed by atoms with Gasteiger partial charge in [0.05, 0.1) is 25.9 Å². The number of carbonyl (C=O) groups is 3. The molecule has 0 bridgehead atoms. The topological polar surface area (TPSA) is 103 Å². The number of methoxy groups -OCH3 is 1. The number of amides is 2. The molecule has 9 nitrogen and oxygen atoms in total. The monoisotopic (exact) mass is 474 g/mol. The predicted octanol–water partition coefficient (Wildman–Crippen LogP) is 3.20. The van der Waals surface area contributed by atoms with Crippen LogP contribution >= 0.6 is 11.6 Å². The molecule has 1 N–H and O–H groups in total. The Kier molecular flexibility index (Phi) is 6.34. The molecule has 1 fully saturated rings. The highest BCUT2D eigenvalue weighted by Crippen LogP contribution is 2.40. The molecule has 0 radical (unpaired) electrons. The van der Waals surface area contributed by atoms with E-state index in [1.165, 1.54) is 22.8 Å². The van der Waals surface area contributed by atoms with Crippen molar-refractivity contribution in [3.63, 3.8) is 0 Å². The van der Waals surface area contributed by atoms with Gasteiger partial charge in [0.15, 0.2) is 5.69 Å². The Balaban J connectivity index is 1.82. The zero-order valence-electron chi connectivity index (χ0n) is 18.9. The molecule has 10 heteroatoms. The first kappa shape index (κ1) is 23.1. The van der Waals surface area contributed by atoms with Crippen molar-refractivity contribution in [3.8, 4) is 5.75 Å². The van der Waals surface area contributed by atoms with Gasteiger partial charge in [-0.2, -0.15) is 5.10 Å². The Morgan fingerprint density at radius 1 is 1.27 bits per heavy atom. The van der Waals surface area contributed by atoms with Crippen LogP contribution in [0, 0.1) is 0 Å². The summed E-state index contributed by atoms with van der Waals surface area (Å²) in [5.74, 6) is -1.03. The molecule has 176 valence electrons. The van der Waals surface area contributed by atoms with Crippen molar-refractivity contribution in [1.82, 2.24) is 15.1 Å². The average molecular weight is 475 g/mol. The lowest BCUT2D eigenvalue weighted by atomic mass is 9.93. The summed E-state index contributed by atoms with van der Waals surface area (Å²) in [5, 5.41) is 7.77. The van der Waals surface area contributed by atoms with Crippen molar-refractivity contribution in [3.05, 3.63) is 40.7 Å². The molecule has 0 spiro atoms. The summed E-state index contributed by atoms with van der Waals surface area (Å²) in [5.41, 5.74) is -0.795. The Bertz CT molecular complexity index is 1090. The lowest BCUT2D eigenvalue weighted by molar-refractivity contribution is -0.127. The van der Waals surface area contributed by atoms with E-state index < -0.39 is 17.4 Å². The van der Waals surface area contributed by atoms with Gasteiger partial charge in [-0.1, -0.05) is 24.4 Å². The summed E-state index contributed by atoms with van der Waals surface area (Å²) in [6.07, 6.45) is 3.91. The van der Waals surface area contributed by atoms with E-state index in [-0.39, 0.29) is 36.5 Å². The number of benzene rings is 1. The van der Waals surface area contributed by atoms with Gasteiger partial charge >= 0.3 is 5.97 Å². The van der Waals surface area contributed by atoms with Crippen molar-refractivity contribution < 1.29 is 23.9 Å². The number of nitrogens with zero attached hydrogens (tertiary/aromatic N) is 3. The van der Waals surface area contributed by atoms with Gasteiger partial charge in [0.2, 0.25) is 5.91 Å². The van der Waals surface area contributed by atoms with Crippen molar-refractivity contribution in [2.45, 2.75) is 57.7 Å². The van der Waals surface area contributed by atoms with E-state index in [4.69, 9.17) is 21.1 Å². The minimum atomic E-state index is -1.34. The lowest BCUT2D eigenvalue weighted by Crippen LogP contribution is -2.65. The Labute approximate surface area is 197 Å². The summed E-state index contributed by atoms with van der Waals surface area (Å²) in [4.78, 5) is 41.1. The second-order valence-corrected chi connectivity index (χ2v) is 8.91. The number of carbonyl (C=O) groups excluding carboxylic acids is 3. The number of ether oxygens (including phenoxy) is 2. The molecule has 2 amide bonds. The molecular formula is C23H27ClN4O5. The fourth-order valence-electron chi connectivity index (χ4n) is 4.51. The molecule has 1 aliphatic heterocycles.